The fourth-order valence-corrected chi connectivity index (χ4v) is 1.49. The Morgan fingerprint density at radius 1 is 1.60 bits per heavy atom. The molecule has 1 rings (SSSR count). The maximum atomic E-state index is 11.5. The molecule has 0 saturated carbocycles. The van der Waals surface area contributed by atoms with Gasteiger partial charge in [-0.3, -0.25) is 9.59 Å². The Labute approximate surface area is 89.4 Å². The van der Waals surface area contributed by atoms with Crippen LogP contribution in [0.4, 0.5) is 0 Å². The summed E-state index contributed by atoms with van der Waals surface area (Å²) in [4.78, 5) is 24.2. The number of hydrogen-bond donors (Lipinski definition) is 2. The van der Waals surface area contributed by atoms with E-state index in [1.807, 2.05) is 0 Å². The van der Waals surface area contributed by atoms with Crippen LogP contribution >= 0.6 is 0 Å². The van der Waals surface area contributed by atoms with Gasteiger partial charge in [0, 0.05) is 26.1 Å². The number of likely N-dealkylation sites (N-methyl/N-ethyl adjacent to an activating group) is 1. The van der Waals surface area contributed by atoms with Crippen molar-refractivity contribution in [2.24, 2.45) is 0 Å². The van der Waals surface area contributed by atoms with E-state index < -0.39 is 11.5 Å². The highest BCUT2D eigenvalue weighted by molar-refractivity contribution is 5.84. The number of aliphatic hydroxyl groups is 1. The summed E-state index contributed by atoms with van der Waals surface area (Å²) in [6.07, 6.45) is 1.10. The van der Waals surface area contributed by atoms with Crippen molar-refractivity contribution in [2.75, 3.05) is 13.6 Å². The Hall–Kier alpha value is -1.10. The first-order chi connectivity index (χ1) is 6.80. The molecule has 0 radical (unpaired) electrons. The van der Waals surface area contributed by atoms with Crippen molar-refractivity contribution in [2.45, 2.75) is 38.3 Å². The average Bonchev–Trinajstić information content (AvgIpc) is 2.10. The summed E-state index contributed by atoms with van der Waals surface area (Å²) in [5, 5.41) is 12.2. The van der Waals surface area contributed by atoms with Crippen molar-refractivity contribution in [3.05, 3.63) is 0 Å². The van der Waals surface area contributed by atoms with E-state index in [9.17, 15) is 14.7 Å². The van der Waals surface area contributed by atoms with Gasteiger partial charge in [-0.15, -0.1) is 0 Å². The number of amides is 2. The molecule has 1 atom stereocenters. The lowest BCUT2D eigenvalue weighted by Crippen LogP contribution is -2.53. The minimum atomic E-state index is -1.36. The van der Waals surface area contributed by atoms with Crippen molar-refractivity contribution < 1.29 is 14.7 Å². The third-order valence-electron chi connectivity index (χ3n) is 2.52. The summed E-state index contributed by atoms with van der Waals surface area (Å²) in [6, 6.07) is -0.0494. The first-order valence-electron chi connectivity index (χ1n) is 5.08. The first-order valence-corrected chi connectivity index (χ1v) is 5.08. The molecular weight excluding hydrogens is 196 g/mol. The van der Waals surface area contributed by atoms with E-state index >= 15 is 0 Å². The standard InChI is InChI=1S/C10H18N2O3/c1-10(2,15)9(14)11-7-4-5-8(13)12(3)6-7/h7,15H,4-6H2,1-3H3,(H,11,14). The van der Waals surface area contributed by atoms with Gasteiger partial charge >= 0.3 is 0 Å². The Balaban J connectivity index is 2.47. The van der Waals surface area contributed by atoms with Crippen molar-refractivity contribution in [1.29, 1.82) is 0 Å². The van der Waals surface area contributed by atoms with Crippen LogP contribution in [0.3, 0.4) is 0 Å². The van der Waals surface area contributed by atoms with Gasteiger partial charge < -0.3 is 15.3 Å². The zero-order valence-corrected chi connectivity index (χ0v) is 9.41. The zero-order valence-electron chi connectivity index (χ0n) is 9.41. The zero-order chi connectivity index (χ0) is 11.6. The number of nitrogens with zero attached hydrogens (tertiary/aromatic N) is 1. The minimum absolute atomic E-state index is 0.0494. The Bertz CT molecular complexity index is 270. The van der Waals surface area contributed by atoms with Crippen LogP contribution in [0.2, 0.25) is 0 Å². The summed E-state index contributed by atoms with van der Waals surface area (Å²) in [5.41, 5.74) is -1.36. The Kier molecular flexibility index (Phi) is 3.34. The van der Waals surface area contributed by atoms with E-state index in [0.717, 1.165) is 0 Å². The highest BCUT2D eigenvalue weighted by Gasteiger charge is 2.29. The molecule has 2 amide bonds. The van der Waals surface area contributed by atoms with Crippen LogP contribution in [0.25, 0.3) is 0 Å². The predicted molar refractivity (Wildman–Crippen MR) is 55.1 cm³/mol. The number of nitrogens with one attached hydrogen (secondary N) is 1. The van der Waals surface area contributed by atoms with Gasteiger partial charge in [-0.2, -0.15) is 0 Å². The van der Waals surface area contributed by atoms with Gasteiger partial charge in [0.05, 0.1) is 0 Å². The molecular formula is C10H18N2O3. The summed E-state index contributed by atoms with van der Waals surface area (Å²) in [6.45, 7) is 3.40. The summed E-state index contributed by atoms with van der Waals surface area (Å²) < 4.78 is 0. The summed E-state index contributed by atoms with van der Waals surface area (Å²) >= 11 is 0. The SMILES string of the molecule is CN1CC(NC(=O)C(C)(C)O)CCC1=O. The molecule has 86 valence electrons. The number of rotatable bonds is 2. The quantitative estimate of drug-likeness (QED) is 0.650. The molecule has 0 bridgehead atoms. The Morgan fingerprint density at radius 2 is 2.20 bits per heavy atom. The highest BCUT2D eigenvalue weighted by Crippen LogP contribution is 2.11. The monoisotopic (exact) mass is 214 g/mol. The second-order valence-corrected chi connectivity index (χ2v) is 4.54. The lowest BCUT2D eigenvalue weighted by Gasteiger charge is -2.31. The summed E-state index contributed by atoms with van der Waals surface area (Å²) in [5.74, 6) is -0.293. The lowest BCUT2D eigenvalue weighted by atomic mass is 10.0. The van der Waals surface area contributed by atoms with Crippen LogP contribution in [0.1, 0.15) is 26.7 Å². The van der Waals surface area contributed by atoms with Gasteiger partial charge in [-0.05, 0) is 20.3 Å². The van der Waals surface area contributed by atoms with Crippen LogP contribution < -0.4 is 5.32 Å². The molecule has 15 heavy (non-hydrogen) atoms. The van der Waals surface area contributed by atoms with Gasteiger partial charge in [0.15, 0.2) is 0 Å². The van der Waals surface area contributed by atoms with E-state index in [2.05, 4.69) is 5.32 Å². The second kappa shape index (κ2) is 4.18. The van der Waals surface area contributed by atoms with Crippen molar-refractivity contribution in [3.8, 4) is 0 Å². The molecule has 1 aliphatic rings. The number of piperidine rings is 1. The number of carbonyl (C=O) groups excluding carboxylic acids is 2. The van der Waals surface area contributed by atoms with Crippen LogP contribution in [-0.4, -0.2) is 47.1 Å². The maximum Gasteiger partial charge on any atom is 0.251 e. The van der Waals surface area contributed by atoms with E-state index in [-0.39, 0.29) is 11.9 Å². The van der Waals surface area contributed by atoms with Gasteiger partial charge in [0.1, 0.15) is 5.60 Å². The highest BCUT2D eigenvalue weighted by atomic mass is 16.3. The van der Waals surface area contributed by atoms with Gasteiger partial charge in [0.2, 0.25) is 5.91 Å². The van der Waals surface area contributed by atoms with Crippen LogP contribution in [-0.2, 0) is 9.59 Å². The number of carbonyl (C=O) groups is 2. The fraction of sp³-hybridized carbons (Fsp3) is 0.800. The molecule has 0 spiro atoms. The molecule has 5 heteroatoms. The molecule has 1 heterocycles. The molecule has 1 aliphatic heterocycles. The molecule has 1 fully saturated rings. The molecule has 0 aliphatic carbocycles. The van der Waals surface area contributed by atoms with E-state index in [4.69, 9.17) is 0 Å². The minimum Gasteiger partial charge on any atom is -0.381 e. The second-order valence-electron chi connectivity index (χ2n) is 4.54. The first kappa shape index (κ1) is 12.0. The van der Waals surface area contributed by atoms with Crippen molar-refractivity contribution in [3.63, 3.8) is 0 Å². The van der Waals surface area contributed by atoms with Gasteiger partial charge in [-0.1, -0.05) is 0 Å². The topological polar surface area (TPSA) is 69.6 Å². The molecule has 2 N–H and O–H groups in total. The average molecular weight is 214 g/mol. The fourth-order valence-electron chi connectivity index (χ4n) is 1.49. The molecule has 1 unspecified atom stereocenters. The molecule has 1 saturated heterocycles. The molecule has 5 nitrogen and oxygen atoms in total. The number of hydrogen-bond acceptors (Lipinski definition) is 3. The van der Waals surface area contributed by atoms with Gasteiger partial charge in [0.25, 0.3) is 5.91 Å². The normalized spacial score (nSPS) is 22.8. The third kappa shape index (κ3) is 3.20. The Morgan fingerprint density at radius 3 is 2.67 bits per heavy atom. The predicted octanol–water partition coefficient (Wildman–Crippen LogP) is -0.506. The van der Waals surface area contributed by atoms with Crippen LogP contribution in [0.5, 0.6) is 0 Å². The lowest BCUT2D eigenvalue weighted by molar-refractivity contribution is -0.140. The van der Waals surface area contributed by atoms with Gasteiger partial charge in [-0.25, -0.2) is 0 Å². The van der Waals surface area contributed by atoms with E-state index in [0.29, 0.717) is 19.4 Å². The van der Waals surface area contributed by atoms with Crippen LogP contribution in [0.15, 0.2) is 0 Å². The summed E-state index contributed by atoms with van der Waals surface area (Å²) in [7, 11) is 1.71. The number of likely N-dealkylation sites (tertiary alicyclic amines) is 1. The largest absolute Gasteiger partial charge is 0.381 e. The van der Waals surface area contributed by atoms with Crippen molar-refractivity contribution >= 4 is 11.8 Å². The van der Waals surface area contributed by atoms with Crippen molar-refractivity contribution in [1.82, 2.24) is 10.2 Å². The van der Waals surface area contributed by atoms with E-state index in [1.165, 1.54) is 13.8 Å². The maximum absolute atomic E-state index is 11.5. The molecule has 0 aromatic carbocycles. The van der Waals surface area contributed by atoms with E-state index in [1.54, 1.807) is 11.9 Å². The van der Waals surface area contributed by atoms with Crippen LogP contribution in [0, 0.1) is 0 Å². The third-order valence-corrected chi connectivity index (χ3v) is 2.52. The molecule has 0 aromatic rings. The smallest absolute Gasteiger partial charge is 0.251 e. The molecule has 0 aromatic heterocycles.